The summed E-state index contributed by atoms with van der Waals surface area (Å²) in [7, 11) is 1.67. The maximum absolute atomic E-state index is 12.8. The van der Waals surface area contributed by atoms with E-state index in [9.17, 15) is 9.18 Å². The highest BCUT2D eigenvalue weighted by Crippen LogP contribution is 2.12. The lowest BCUT2D eigenvalue weighted by Crippen LogP contribution is -2.34. The molecule has 3 rings (SSSR count). The molecule has 0 spiro atoms. The summed E-state index contributed by atoms with van der Waals surface area (Å²) in [4.78, 5) is 15.0. The van der Waals surface area contributed by atoms with Gasteiger partial charge in [0, 0.05) is 12.6 Å². The monoisotopic (exact) mass is 355 g/mol. The lowest BCUT2D eigenvalue weighted by molar-refractivity contribution is -0.131. The first-order chi connectivity index (χ1) is 12.6. The van der Waals surface area contributed by atoms with Gasteiger partial charge in [-0.25, -0.2) is 4.39 Å². The van der Waals surface area contributed by atoms with Gasteiger partial charge in [0.25, 0.3) is 0 Å². The number of carbonyl (C=O) groups is 1. The maximum Gasteiger partial charge on any atom is 0.246 e. The zero-order valence-corrected chi connectivity index (χ0v) is 14.2. The number of amides is 1. The number of carbonyl (C=O) groups excluding carboxylic acids is 1. The van der Waals surface area contributed by atoms with Gasteiger partial charge in [-0.3, -0.25) is 4.79 Å². The van der Waals surface area contributed by atoms with Gasteiger partial charge in [0.1, 0.15) is 24.7 Å². The van der Waals surface area contributed by atoms with E-state index >= 15 is 0 Å². The van der Waals surface area contributed by atoms with Crippen molar-refractivity contribution in [2.45, 2.75) is 6.54 Å². The van der Waals surface area contributed by atoms with Crippen LogP contribution in [0.2, 0.25) is 0 Å². The second kappa shape index (κ2) is 8.19. The van der Waals surface area contributed by atoms with Crippen molar-refractivity contribution in [1.82, 2.24) is 25.1 Å². The third-order valence-corrected chi connectivity index (χ3v) is 3.70. The Kier molecular flexibility index (Phi) is 5.52. The van der Waals surface area contributed by atoms with Gasteiger partial charge in [0.2, 0.25) is 11.7 Å². The first-order valence-electron chi connectivity index (χ1n) is 8.07. The Hall–Kier alpha value is -3.29. The molecule has 0 N–H and O–H groups in total. The van der Waals surface area contributed by atoms with Crippen molar-refractivity contribution in [3.05, 3.63) is 60.4 Å². The first-order valence-corrected chi connectivity index (χ1v) is 8.07. The fourth-order valence-electron chi connectivity index (χ4n) is 2.21. The van der Waals surface area contributed by atoms with Crippen LogP contribution in [-0.2, 0) is 11.3 Å². The van der Waals surface area contributed by atoms with Gasteiger partial charge in [-0.15, -0.1) is 10.2 Å². The summed E-state index contributed by atoms with van der Waals surface area (Å²) in [5.41, 5.74) is 0.840. The van der Waals surface area contributed by atoms with Crippen molar-refractivity contribution >= 4 is 5.91 Å². The molecule has 0 saturated carbocycles. The molecular formula is C18H18FN5O2. The fraction of sp³-hybridized carbons (Fsp3) is 0.222. The molecule has 0 atom stereocenters. The van der Waals surface area contributed by atoms with Crippen LogP contribution in [0.3, 0.4) is 0 Å². The number of hydrogen-bond acceptors (Lipinski definition) is 5. The lowest BCUT2D eigenvalue weighted by Gasteiger charge is -2.17. The molecule has 1 aromatic heterocycles. The molecule has 1 amide bonds. The molecule has 0 saturated heterocycles. The summed E-state index contributed by atoms with van der Waals surface area (Å²) in [5, 5.41) is 12.1. The van der Waals surface area contributed by atoms with Crippen LogP contribution < -0.4 is 4.74 Å². The maximum atomic E-state index is 12.8. The summed E-state index contributed by atoms with van der Waals surface area (Å²) in [5.74, 6) is 0.544. The quantitative estimate of drug-likeness (QED) is 0.648. The highest BCUT2D eigenvalue weighted by molar-refractivity contribution is 5.75. The van der Waals surface area contributed by atoms with E-state index in [1.165, 1.54) is 21.8 Å². The van der Waals surface area contributed by atoms with Crippen LogP contribution in [0.5, 0.6) is 5.75 Å². The minimum absolute atomic E-state index is 0.00706. The minimum atomic E-state index is -0.320. The molecule has 1 heterocycles. The zero-order valence-electron chi connectivity index (χ0n) is 14.2. The van der Waals surface area contributed by atoms with E-state index in [4.69, 9.17) is 4.74 Å². The Balaban J connectivity index is 1.48. The van der Waals surface area contributed by atoms with E-state index in [0.717, 1.165) is 5.56 Å². The smallest absolute Gasteiger partial charge is 0.246 e. The van der Waals surface area contributed by atoms with Crippen molar-refractivity contribution in [3.8, 4) is 17.1 Å². The van der Waals surface area contributed by atoms with E-state index in [1.54, 1.807) is 19.2 Å². The SMILES string of the molecule is CN(CCOc1ccc(F)cc1)C(=O)Cn1nnc(-c2ccccc2)n1. The Morgan fingerprint density at radius 3 is 2.62 bits per heavy atom. The summed E-state index contributed by atoms with van der Waals surface area (Å²) in [6.45, 7) is 0.678. The fourth-order valence-corrected chi connectivity index (χ4v) is 2.21. The van der Waals surface area contributed by atoms with E-state index in [1.807, 2.05) is 30.3 Å². The molecule has 0 aliphatic heterocycles. The van der Waals surface area contributed by atoms with E-state index in [2.05, 4.69) is 15.4 Å². The van der Waals surface area contributed by atoms with Gasteiger partial charge in [-0.1, -0.05) is 30.3 Å². The summed E-state index contributed by atoms with van der Waals surface area (Å²) < 4.78 is 18.3. The molecule has 134 valence electrons. The first kappa shape index (κ1) is 17.5. The largest absolute Gasteiger partial charge is 0.492 e. The standard InChI is InChI=1S/C18H18FN5O2/c1-23(11-12-26-16-9-7-15(19)8-10-16)17(25)13-24-21-18(20-22-24)14-5-3-2-4-6-14/h2-10H,11-13H2,1H3. The minimum Gasteiger partial charge on any atom is -0.492 e. The zero-order chi connectivity index (χ0) is 18.4. The molecule has 0 unspecified atom stereocenters. The highest BCUT2D eigenvalue weighted by atomic mass is 19.1. The van der Waals surface area contributed by atoms with Gasteiger partial charge in [0.15, 0.2) is 0 Å². The number of likely N-dealkylation sites (N-methyl/N-ethyl adjacent to an activating group) is 1. The molecule has 0 radical (unpaired) electrons. The molecule has 3 aromatic rings. The van der Waals surface area contributed by atoms with E-state index in [-0.39, 0.29) is 18.3 Å². The molecule has 26 heavy (non-hydrogen) atoms. The highest BCUT2D eigenvalue weighted by Gasteiger charge is 2.13. The molecule has 0 aliphatic rings. The van der Waals surface area contributed by atoms with Gasteiger partial charge >= 0.3 is 0 Å². The number of hydrogen-bond donors (Lipinski definition) is 0. The van der Waals surface area contributed by atoms with Crippen LogP contribution in [0.1, 0.15) is 0 Å². The molecule has 7 nitrogen and oxygen atoms in total. The number of benzene rings is 2. The topological polar surface area (TPSA) is 73.1 Å². The van der Waals surface area contributed by atoms with Crippen molar-refractivity contribution in [2.24, 2.45) is 0 Å². The number of tetrazole rings is 1. The van der Waals surface area contributed by atoms with Crippen LogP contribution in [0, 0.1) is 5.82 Å². The van der Waals surface area contributed by atoms with Crippen molar-refractivity contribution in [3.63, 3.8) is 0 Å². The van der Waals surface area contributed by atoms with Gasteiger partial charge < -0.3 is 9.64 Å². The summed E-state index contributed by atoms with van der Waals surface area (Å²) in [6.07, 6.45) is 0. The Labute approximate surface area is 150 Å². The average molecular weight is 355 g/mol. The molecule has 8 heteroatoms. The number of aromatic nitrogens is 4. The van der Waals surface area contributed by atoms with E-state index in [0.29, 0.717) is 24.7 Å². The molecule has 2 aromatic carbocycles. The average Bonchev–Trinajstić information content (AvgIpc) is 3.12. The van der Waals surface area contributed by atoms with Crippen LogP contribution in [0.15, 0.2) is 54.6 Å². The molecule has 0 aliphatic carbocycles. The molecule has 0 bridgehead atoms. The van der Waals surface area contributed by atoms with Crippen molar-refractivity contribution < 1.29 is 13.9 Å². The predicted molar refractivity (Wildman–Crippen MR) is 92.8 cm³/mol. The number of halogens is 1. The van der Waals surface area contributed by atoms with Crippen LogP contribution in [0.4, 0.5) is 4.39 Å². The number of rotatable bonds is 7. The van der Waals surface area contributed by atoms with Gasteiger partial charge in [0.05, 0.1) is 6.54 Å². The van der Waals surface area contributed by atoms with Crippen LogP contribution in [0.25, 0.3) is 11.4 Å². The summed E-state index contributed by atoms with van der Waals surface area (Å²) >= 11 is 0. The normalized spacial score (nSPS) is 10.5. The van der Waals surface area contributed by atoms with E-state index < -0.39 is 0 Å². The van der Waals surface area contributed by atoms with Crippen molar-refractivity contribution in [1.29, 1.82) is 0 Å². The van der Waals surface area contributed by atoms with Crippen LogP contribution >= 0.6 is 0 Å². The van der Waals surface area contributed by atoms with Crippen LogP contribution in [-0.4, -0.2) is 51.2 Å². The lowest BCUT2D eigenvalue weighted by atomic mass is 10.2. The third-order valence-electron chi connectivity index (χ3n) is 3.70. The number of nitrogens with zero attached hydrogens (tertiary/aromatic N) is 5. The van der Waals surface area contributed by atoms with Crippen molar-refractivity contribution in [2.75, 3.05) is 20.2 Å². The molecular weight excluding hydrogens is 337 g/mol. The number of ether oxygens (including phenoxy) is 1. The Morgan fingerprint density at radius 2 is 1.88 bits per heavy atom. The third kappa shape index (κ3) is 4.62. The summed E-state index contributed by atoms with van der Waals surface area (Å²) in [6, 6.07) is 15.2. The predicted octanol–water partition coefficient (Wildman–Crippen LogP) is 2.02. The Morgan fingerprint density at radius 1 is 1.15 bits per heavy atom. The molecule has 0 fully saturated rings. The second-order valence-electron chi connectivity index (χ2n) is 5.63. The Bertz CT molecular complexity index is 852. The second-order valence-corrected chi connectivity index (χ2v) is 5.63. The van der Waals surface area contributed by atoms with Gasteiger partial charge in [-0.2, -0.15) is 4.80 Å². The van der Waals surface area contributed by atoms with Gasteiger partial charge in [-0.05, 0) is 29.5 Å².